The average Bonchev–Trinajstić information content (AvgIpc) is 3.16. The van der Waals surface area contributed by atoms with Crippen molar-refractivity contribution in [1.82, 2.24) is 34.5 Å². The molecule has 0 unspecified atom stereocenters. The van der Waals surface area contributed by atoms with Crippen LogP contribution in [0.25, 0.3) is 5.65 Å². The first-order valence-corrected chi connectivity index (χ1v) is 10.8. The summed E-state index contributed by atoms with van der Waals surface area (Å²) < 4.78 is 3.20. The Kier molecular flexibility index (Phi) is 5.36. The Labute approximate surface area is 181 Å². The third-order valence-electron chi connectivity index (χ3n) is 5.74. The summed E-state index contributed by atoms with van der Waals surface area (Å²) in [6.45, 7) is 11.3. The van der Waals surface area contributed by atoms with Crippen LogP contribution in [0.1, 0.15) is 81.4 Å². The molecule has 1 fully saturated rings. The molecule has 3 aromatic rings. The van der Waals surface area contributed by atoms with Crippen LogP contribution in [0, 0.1) is 0 Å². The zero-order chi connectivity index (χ0) is 22.3. The summed E-state index contributed by atoms with van der Waals surface area (Å²) in [6.07, 6.45) is 1.55. The molecule has 9 nitrogen and oxygen atoms in total. The van der Waals surface area contributed by atoms with Gasteiger partial charge in [-0.15, -0.1) is 10.2 Å². The van der Waals surface area contributed by atoms with Gasteiger partial charge in [-0.05, 0) is 44.9 Å². The second-order valence-electron chi connectivity index (χ2n) is 9.46. The molecule has 0 atom stereocenters. The van der Waals surface area contributed by atoms with E-state index in [0.717, 1.165) is 30.0 Å². The minimum atomic E-state index is -0.203. The summed E-state index contributed by atoms with van der Waals surface area (Å²) in [5.41, 5.74) is 1.76. The zero-order valence-corrected chi connectivity index (χ0v) is 18.7. The molecule has 0 saturated carbocycles. The number of carbonyl (C=O) groups is 1. The van der Waals surface area contributed by atoms with E-state index in [1.54, 1.807) is 4.90 Å². The van der Waals surface area contributed by atoms with E-state index in [9.17, 15) is 9.59 Å². The predicted molar refractivity (Wildman–Crippen MR) is 116 cm³/mol. The van der Waals surface area contributed by atoms with Crippen LogP contribution in [0.5, 0.6) is 0 Å². The first-order chi connectivity index (χ1) is 14.6. The molecule has 4 rings (SSSR count). The third-order valence-corrected chi connectivity index (χ3v) is 5.74. The number of rotatable bonds is 3. The van der Waals surface area contributed by atoms with E-state index in [1.165, 1.54) is 16.8 Å². The van der Waals surface area contributed by atoms with Crippen molar-refractivity contribution in [3.05, 3.63) is 51.8 Å². The Morgan fingerprint density at radius 3 is 2.39 bits per heavy atom. The molecule has 0 spiro atoms. The maximum Gasteiger partial charge on any atom is 0.274 e. The molecule has 0 aliphatic carbocycles. The molecule has 1 aliphatic heterocycles. The van der Waals surface area contributed by atoms with Gasteiger partial charge >= 0.3 is 0 Å². The number of amides is 1. The summed E-state index contributed by atoms with van der Waals surface area (Å²) in [7, 11) is 0. The van der Waals surface area contributed by atoms with Gasteiger partial charge in [0.15, 0.2) is 11.5 Å². The number of aromatic nitrogens is 6. The van der Waals surface area contributed by atoms with Gasteiger partial charge in [0.05, 0.1) is 11.7 Å². The van der Waals surface area contributed by atoms with Crippen molar-refractivity contribution in [2.75, 3.05) is 13.1 Å². The van der Waals surface area contributed by atoms with Crippen molar-refractivity contribution in [2.24, 2.45) is 0 Å². The Balaban J connectivity index is 1.51. The van der Waals surface area contributed by atoms with E-state index in [-0.39, 0.29) is 28.8 Å². The van der Waals surface area contributed by atoms with Crippen LogP contribution < -0.4 is 5.56 Å². The molecule has 31 heavy (non-hydrogen) atoms. The van der Waals surface area contributed by atoms with Crippen molar-refractivity contribution in [1.29, 1.82) is 0 Å². The van der Waals surface area contributed by atoms with E-state index < -0.39 is 0 Å². The van der Waals surface area contributed by atoms with E-state index >= 15 is 0 Å². The fraction of sp³-hybridized carbons (Fsp3) is 0.545. The summed E-state index contributed by atoms with van der Waals surface area (Å²) in [5.74, 6) is 0.881. The van der Waals surface area contributed by atoms with Gasteiger partial charge in [-0.2, -0.15) is 14.7 Å². The smallest absolute Gasteiger partial charge is 0.274 e. The number of piperidine rings is 1. The molecule has 0 aromatic carbocycles. The number of carbonyl (C=O) groups excluding carboxylic acids is 1. The highest BCUT2D eigenvalue weighted by Gasteiger charge is 2.29. The lowest BCUT2D eigenvalue weighted by Gasteiger charge is -2.31. The minimum absolute atomic E-state index is 0.0645. The third kappa shape index (κ3) is 4.08. The molecular weight excluding hydrogens is 394 g/mol. The van der Waals surface area contributed by atoms with Gasteiger partial charge in [0.2, 0.25) is 0 Å². The lowest BCUT2D eigenvalue weighted by atomic mass is 9.92. The lowest BCUT2D eigenvalue weighted by molar-refractivity contribution is 0.0701. The SMILES string of the molecule is CC(C)n1nc(C(=O)N2CCC(c3nnc4ccc(C(C)(C)C)nn34)CC2)ccc1=O. The molecule has 164 valence electrons. The molecule has 1 saturated heterocycles. The van der Waals surface area contributed by atoms with Crippen LogP contribution >= 0.6 is 0 Å². The summed E-state index contributed by atoms with van der Waals surface area (Å²) >= 11 is 0. The molecule has 0 bridgehead atoms. The molecule has 0 N–H and O–H groups in total. The van der Waals surface area contributed by atoms with Crippen molar-refractivity contribution >= 4 is 11.6 Å². The second-order valence-corrected chi connectivity index (χ2v) is 9.46. The van der Waals surface area contributed by atoms with Crippen molar-refractivity contribution in [2.45, 2.75) is 64.8 Å². The van der Waals surface area contributed by atoms with Crippen LogP contribution in [0.4, 0.5) is 0 Å². The highest BCUT2D eigenvalue weighted by Crippen LogP contribution is 2.28. The van der Waals surface area contributed by atoms with Crippen LogP contribution in [0.2, 0.25) is 0 Å². The number of hydrogen-bond donors (Lipinski definition) is 0. The summed E-state index contributed by atoms with van der Waals surface area (Å²) in [4.78, 5) is 26.7. The van der Waals surface area contributed by atoms with Gasteiger partial charge in [-0.3, -0.25) is 9.59 Å². The van der Waals surface area contributed by atoms with E-state index in [2.05, 4.69) is 36.1 Å². The van der Waals surface area contributed by atoms with Gasteiger partial charge in [-0.1, -0.05) is 20.8 Å². The fourth-order valence-electron chi connectivity index (χ4n) is 3.87. The topological polar surface area (TPSA) is 98.3 Å². The number of fused-ring (bicyclic) bond motifs is 1. The highest BCUT2D eigenvalue weighted by atomic mass is 16.2. The first-order valence-electron chi connectivity index (χ1n) is 10.8. The molecule has 3 aromatic heterocycles. The Bertz CT molecular complexity index is 1160. The molecule has 1 amide bonds. The second kappa shape index (κ2) is 7.86. The highest BCUT2D eigenvalue weighted by molar-refractivity contribution is 5.92. The number of likely N-dealkylation sites (tertiary alicyclic amines) is 1. The fourth-order valence-corrected chi connectivity index (χ4v) is 3.87. The summed E-state index contributed by atoms with van der Waals surface area (Å²) in [5, 5.41) is 17.7. The normalized spacial score (nSPS) is 15.7. The lowest BCUT2D eigenvalue weighted by Crippen LogP contribution is -2.39. The van der Waals surface area contributed by atoms with Crippen LogP contribution in [-0.2, 0) is 5.41 Å². The molecular formula is C22H29N7O2. The number of nitrogens with zero attached hydrogens (tertiary/aromatic N) is 7. The standard InChI is InChI=1S/C22H29N7O2/c1-14(2)28-19(30)9-6-16(25-28)21(31)27-12-10-15(11-13-27)20-24-23-18-8-7-17(22(3,4)5)26-29(18)20/h6-9,14-15H,10-13H2,1-5H3. The first kappa shape index (κ1) is 21.1. The molecule has 0 radical (unpaired) electrons. The van der Waals surface area contributed by atoms with Crippen LogP contribution in [0.3, 0.4) is 0 Å². The predicted octanol–water partition coefficient (Wildman–Crippen LogP) is 2.58. The van der Waals surface area contributed by atoms with Crippen molar-refractivity contribution < 1.29 is 4.79 Å². The molecule has 4 heterocycles. The largest absolute Gasteiger partial charge is 0.337 e. The quantitative estimate of drug-likeness (QED) is 0.642. The average molecular weight is 424 g/mol. The molecule has 1 aliphatic rings. The van der Waals surface area contributed by atoms with E-state index in [1.807, 2.05) is 30.5 Å². The van der Waals surface area contributed by atoms with Crippen molar-refractivity contribution in [3.63, 3.8) is 0 Å². The van der Waals surface area contributed by atoms with Gasteiger partial charge in [0.1, 0.15) is 5.69 Å². The van der Waals surface area contributed by atoms with E-state index in [0.29, 0.717) is 18.8 Å². The maximum atomic E-state index is 12.9. The van der Waals surface area contributed by atoms with E-state index in [4.69, 9.17) is 5.10 Å². The van der Waals surface area contributed by atoms with Crippen LogP contribution in [0.15, 0.2) is 29.1 Å². The summed E-state index contributed by atoms with van der Waals surface area (Å²) in [6, 6.07) is 6.78. The van der Waals surface area contributed by atoms with Gasteiger partial charge < -0.3 is 4.90 Å². The Morgan fingerprint density at radius 1 is 1.03 bits per heavy atom. The minimum Gasteiger partial charge on any atom is -0.337 e. The van der Waals surface area contributed by atoms with Crippen molar-refractivity contribution in [3.8, 4) is 0 Å². The van der Waals surface area contributed by atoms with Gasteiger partial charge in [-0.25, -0.2) is 4.68 Å². The molecule has 9 heteroatoms. The number of hydrogen-bond acceptors (Lipinski definition) is 6. The maximum absolute atomic E-state index is 12.9. The monoisotopic (exact) mass is 423 g/mol. The Morgan fingerprint density at radius 2 is 1.74 bits per heavy atom. The van der Waals surface area contributed by atoms with Crippen LogP contribution in [-0.4, -0.2) is 53.5 Å². The zero-order valence-electron chi connectivity index (χ0n) is 18.7. The van der Waals surface area contributed by atoms with Gasteiger partial charge in [0.25, 0.3) is 11.5 Å². The van der Waals surface area contributed by atoms with Gasteiger partial charge in [0, 0.05) is 30.5 Å². The Hall–Kier alpha value is -3.10.